The number of primary amides is 1. The van der Waals surface area contributed by atoms with Crippen LogP contribution in [0.25, 0.3) is 11.0 Å². The molecule has 1 aliphatic carbocycles. The molecule has 1 aromatic carbocycles. The van der Waals surface area contributed by atoms with Gasteiger partial charge in [-0.15, -0.1) is 0 Å². The predicted molar refractivity (Wildman–Crippen MR) is 78.3 cm³/mol. The van der Waals surface area contributed by atoms with Crippen molar-refractivity contribution in [3.05, 3.63) is 30.1 Å². The van der Waals surface area contributed by atoms with Crippen LogP contribution in [0.1, 0.15) is 25.6 Å². The van der Waals surface area contributed by atoms with E-state index in [1.807, 2.05) is 24.3 Å². The Hall–Kier alpha value is -1.88. The Balaban J connectivity index is 1.92. The van der Waals surface area contributed by atoms with Gasteiger partial charge in [0.05, 0.1) is 11.0 Å². The van der Waals surface area contributed by atoms with Gasteiger partial charge in [0.2, 0.25) is 5.91 Å². The van der Waals surface area contributed by atoms with Crippen LogP contribution in [0.5, 0.6) is 0 Å². The summed E-state index contributed by atoms with van der Waals surface area (Å²) in [6.45, 7) is 2.63. The monoisotopic (exact) mass is 272 g/mol. The molecule has 2 aromatic rings. The van der Waals surface area contributed by atoms with Gasteiger partial charge in [0.1, 0.15) is 11.9 Å². The van der Waals surface area contributed by atoms with Crippen LogP contribution in [0.2, 0.25) is 0 Å². The number of nitrogens with zero attached hydrogens (tertiary/aromatic N) is 2. The van der Waals surface area contributed by atoms with Gasteiger partial charge in [-0.05, 0) is 25.0 Å². The minimum Gasteiger partial charge on any atom is -0.368 e. The molecule has 1 fully saturated rings. The molecular formula is C15H20N4O. The van der Waals surface area contributed by atoms with Crippen molar-refractivity contribution >= 4 is 16.9 Å². The summed E-state index contributed by atoms with van der Waals surface area (Å²) in [5.74, 6) is 0.701. The number of nitrogens with two attached hydrogens (primary N) is 1. The second kappa shape index (κ2) is 5.25. The van der Waals surface area contributed by atoms with Crippen LogP contribution in [0.15, 0.2) is 24.3 Å². The standard InChI is InChI=1S/C15H20N4O/c1-2-14-18-11-5-3-4-6-13(11)19(14)9-12(15(16)20)17-10-7-8-10/h3-6,10,12,17H,2,7-9H2,1H3,(H2,16,20). The van der Waals surface area contributed by atoms with Gasteiger partial charge >= 0.3 is 0 Å². The van der Waals surface area contributed by atoms with E-state index in [1.54, 1.807) is 0 Å². The average molecular weight is 272 g/mol. The second-order valence-electron chi connectivity index (χ2n) is 5.38. The smallest absolute Gasteiger partial charge is 0.236 e. The van der Waals surface area contributed by atoms with Gasteiger partial charge in [0.15, 0.2) is 0 Å². The molecule has 0 radical (unpaired) electrons. The molecule has 1 saturated carbocycles. The molecule has 0 saturated heterocycles. The van der Waals surface area contributed by atoms with E-state index >= 15 is 0 Å². The fraction of sp³-hybridized carbons (Fsp3) is 0.467. The van der Waals surface area contributed by atoms with Gasteiger partial charge < -0.3 is 15.6 Å². The first-order valence-electron chi connectivity index (χ1n) is 7.18. The van der Waals surface area contributed by atoms with E-state index in [0.29, 0.717) is 12.6 Å². The quantitative estimate of drug-likeness (QED) is 0.830. The summed E-state index contributed by atoms with van der Waals surface area (Å²) in [5, 5.41) is 3.32. The first-order valence-corrected chi connectivity index (χ1v) is 7.18. The van der Waals surface area contributed by atoms with E-state index in [9.17, 15) is 4.79 Å². The molecule has 3 N–H and O–H groups in total. The van der Waals surface area contributed by atoms with E-state index in [2.05, 4.69) is 21.8 Å². The molecule has 3 rings (SSSR count). The van der Waals surface area contributed by atoms with E-state index in [4.69, 9.17) is 5.73 Å². The highest BCUT2D eigenvalue weighted by molar-refractivity contribution is 5.81. The van der Waals surface area contributed by atoms with Crippen molar-refractivity contribution in [3.63, 3.8) is 0 Å². The van der Waals surface area contributed by atoms with E-state index in [1.165, 1.54) is 0 Å². The number of imidazole rings is 1. The lowest BCUT2D eigenvalue weighted by atomic mass is 10.2. The zero-order chi connectivity index (χ0) is 14.1. The van der Waals surface area contributed by atoms with Crippen LogP contribution in [0.4, 0.5) is 0 Å². The minimum absolute atomic E-state index is 0.295. The molecule has 0 spiro atoms. The summed E-state index contributed by atoms with van der Waals surface area (Å²) < 4.78 is 2.11. The fourth-order valence-electron chi connectivity index (χ4n) is 2.54. The Morgan fingerprint density at radius 1 is 1.50 bits per heavy atom. The second-order valence-corrected chi connectivity index (χ2v) is 5.38. The lowest BCUT2D eigenvalue weighted by molar-refractivity contribution is -0.120. The summed E-state index contributed by atoms with van der Waals surface area (Å²) in [6, 6.07) is 8.13. The molecule has 1 unspecified atom stereocenters. The van der Waals surface area contributed by atoms with Gasteiger partial charge in [-0.25, -0.2) is 4.98 Å². The number of hydrogen-bond donors (Lipinski definition) is 2. The zero-order valence-electron chi connectivity index (χ0n) is 11.7. The highest BCUT2D eigenvalue weighted by Crippen LogP contribution is 2.21. The van der Waals surface area contributed by atoms with Crippen molar-refractivity contribution in [3.8, 4) is 0 Å². The maximum atomic E-state index is 11.7. The number of nitrogens with one attached hydrogen (secondary N) is 1. The van der Waals surface area contributed by atoms with Gasteiger partial charge in [0, 0.05) is 19.0 Å². The molecule has 0 aliphatic heterocycles. The van der Waals surface area contributed by atoms with Crippen molar-refractivity contribution in [1.29, 1.82) is 0 Å². The minimum atomic E-state index is -0.328. The molecule has 1 aromatic heterocycles. The van der Waals surface area contributed by atoms with Crippen molar-refractivity contribution in [1.82, 2.24) is 14.9 Å². The average Bonchev–Trinajstić information content (AvgIpc) is 3.19. The van der Waals surface area contributed by atoms with Crippen LogP contribution in [0.3, 0.4) is 0 Å². The highest BCUT2D eigenvalue weighted by Gasteiger charge is 2.28. The normalized spacial score (nSPS) is 16.4. The Morgan fingerprint density at radius 2 is 2.25 bits per heavy atom. The summed E-state index contributed by atoms with van der Waals surface area (Å²) in [6.07, 6.45) is 3.10. The Morgan fingerprint density at radius 3 is 2.90 bits per heavy atom. The number of para-hydroxylation sites is 2. The Labute approximate surface area is 118 Å². The lowest BCUT2D eigenvalue weighted by Crippen LogP contribution is -2.45. The van der Waals surface area contributed by atoms with E-state index in [-0.39, 0.29) is 11.9 Å². The molecule has 20 heavy (non-hydrogen) atoms. The van der Waals surface area contributed by atoms with Gasteiger partial charge in [-0.3, -0.25) is 4.79 Å². The summed E-state index contributed by atoms with van der Waals surface area (Å²) in [5.41, 5.74) is 7.56. The molecule has 1 aliphatic rings. The maximum Gasteiger partial charge on any atom is 0.236 e. The number of carbonyl (C=O) groups excluding carboxylic acids is 1. The van der Waals surface area contributed by atoms with Crippen molar-refractivity contribution in [2.45, 2.75) is 44.8 Å². The number of benzene rings is 1. The first kappa shape index (κ1) is 13.1. The number of aryl methyl sites for hydroxylation is 1. The van der Waals surface area contributed by atoms with Crippen LogP contribution in [-0.2, 0) is 17.8 Å². The van der Waals surface area contributed by atoms with Crippen LogP contribution >= 0.6 is 0 Å². The number of amides is 1. The predicted octanol–water partition coefficient (Wildman–Crippen LogP) is 1.20. The molecule has 1 amide bonds. The number of rotatable bonds is 6. The number of carbonyl (C=O) groups is 1. The SMILES string of the molecule is CCc1nc2ccccc2n1CC(NC1CC1)C(N)=O. The summed E-state index contributed by atoms with van der Waals surface area (Å²) in [4.78, 5) is 16.3. The fourth-order valence-corrected chi connectivity index (χ4v) is 2.54. The number of hydrogen-bond acceptors (Lipinski definition) is 3. The molecule has 1 atom stereocenters. The van der Waals surface area contributed by atoms with Crippen molar-refractivity contribution in [2.75, 3.05) is 0 Å². The Kier molecular flexibility index (Phi) is 3.44. The molecular weight excluding hydrogens is 252 g/mol. The number of fused-ring (bicyclic) bond motifs is 1. The van der Waals surface area contributed by atoms with Gasteiger partial charge in [-0.1, -0.05) is 19.1 Å². The largest absolute Gasteiger partial charge is 0.368 e. The molecule has 5 nitrogen and oxygen atoms in total. The molecule has 0 bridgehead atoms. The van der Waals surface area contributed by atoms with E-state index in [0.717, 1.165) is 36.1 Å². The molecule has 5 heteroatoms. The lowest BCUT2D eigenvalue weighted by Gasteiger charge is -2.17. The van der Waals surface area contributed by atoms with Crippen molar-refractivity contribution in [2.24, 2.45) is 5.73 Å². The number of aromatic nitrogens is 2. The highest BCUT2D eigenvalue weighted by atomic mass is 16.1. The van der Waals surface area contributed by atoms with Crippen molar-refractivity contribution < 1.29 is 4.79 Å². The van der Waals surface area contributed by atoms with Gasteiger partial charge in [-0.2, -0.15) is 0 Å². The van der Waals surface area contributed by atoms with Crippen LogP contribution in [-0.4, -0.2) is 27.5 Å². The van der Waals surface area contributed by atoms with Crippen LogP contribution < -0.4 is 11.1 Å². The Bertz CT molecular complexity index is 630. The van der Waals surface area contributed by atoms with E-state index < -0.39 is 0 Å². The summed E-state index contributed by atoms with van der Waals surface area (Å²) >= 11 is 0. The third-order valence-corrected chi connectivity index (χ3v) is 3.77. The molecule has 106 valence electrons. The third-order valence-electron chi connectivity index (χ3n) is 3.77. The first-order chi connectivity index (χ1) is 9.69. The van der Waals surface area contributed by atoms with Crippen LogP contribution in [0, 0.1) is 0 Å². The van der Waals surface area contributed by atoms with Gasteiger partial charge in [0.25, 0.3) is 0 Å². The third kappa shape index (κ3) is 2.54. The summed E-state index contributed by atoms with van der Waals surface area (Å²) in [7, 11) is 0. The topological polar surface area (TPSA) is 72.9 Å². The maximum absolute atomic E-state index is 11.7. The zero-order valence-corrected chi connectivity index (χ0v) is 11.7. The molecule has 1 heterocycles.